The zero-order valence-corrected chi connectivity index (χ0v) is 20.0. The standard InChI is InChI=1S/C25H25F3N4O5/c1-24(15-31-14-22(32(33)34)29-23(31)37-24)16-35-19-8-4-18(5-9-19)30-12-10-21(11-13-30)36-20-6-2-17(3-7-20)25(26,27)28/h2-9,14,21H,10-13,15-16H2,1H3/t24-/m0/s1. The van der Waals surface area contributed by atoms with Crippen LogP contribution in [0.25, 0.3) is 0 Å². The summed E-state index contributed by atoms with van der Waals surface area (Å²) in [7, 11) is 0. The number of rotatable bonds is 7. The minimum atomic E-state index is -4.36. The van der Waals surface area contributed by atoms with Gasteiger partial charge in [-0.25, -0.2) is 0 Å². The van der Waals surface area contributed by atoms with E-state index in [0.29, 0.717) is 18.0 Å². The summed E-state index contributed by atoms with van der Waals surface area (Å²) in [4.78, 5) is 16.4. The quantitative estimate of drug-likeness (QED) is 0.318. The Morgan fingerprint density at radius 1 is 1.11 bits per heavy atom. The van der Waals surface area contributed by atoms with Crippen molar-refractivity contribution < 1.29 is 32.3 Å². The molecule has 1 fully saturated rings. The molecule has 2 aliphatic heterocycles. The number of aromatic nitrogens is 2. The fourth-order valence-electron chi connectivity index (χ4n) is 4.49. The number of halogens is 3. The van der Waals surface area contributed by atoms with Crippen molar-refractivity contribution >= 4 is 11.5 Å². The number of fused-ring (bicyclic) bond motifs is 1. The molecular weight excluding hydrogens is 493 g/mol. The van der Waals surface area contributed by atoms with E-state index in [0.717, 1.165) is 43.8 Å². The summed E-state index contributed by atoms with van der Waals surface area (Å²) in [5, 5.41) is 10.9. The van der Waals surface area contributed by atoms with Crippen molar-refractivity contribution in [3.63, 3.8) is 0 Å². The van der Waals surface area contributed by atoms with E-state index in [1.807, 2.05) is 31.2 Å². The molecule has 1 aromatic heterocycles. The van der Waals surface area contributed by atoms with Crippen molar-refractivity contribution in [1.29, 1.82) is 0 Å². The first-order chi connectivity index (χ1) is 17.6. The molecule has 2 aromatic carbocycles. The summed E-state index contributed by atoms with van der Waals surface area (Å²) < 4.78 is 57.4. The van der Waals surface area contributed by atoms with Crippen LogP contribution < -0.4 is 19.1 Å². The van der Waals surface area contributed by atoms with Crippen LogP contribution >= 0.6 is 0 Å². The van der Waals surface area contributed by atoms with Crippen molar-refractivity contribution in [3.05, 3.63) is 70.4 Å². The van der Waals surface area contributed by atoms with Gasteiger partial charge in [-0.05, 0) is 60.4 Å². The number of nitrogens with zero attached hydrogens (tertiary/aromatic N) is 4. The molecule has 0 N–H and O–H groups in total. The molecule has 0 saturated carbocycles. The number of ether oxygens (including phenoxy) is 3. The number of benzene rings is 2. The smallest absolute Gasteiger partial charge is 0.416 e. The van der Waals surface area contributed by atoms with Gasteiger partial charge in [0, 0.05) is 36.6 Å². The van der Waals surface area contributed by atoms with E-state index in [4.69, 9.17) is 14.2 Å². The molecule has 1 saturated heterocycles. The molecule has 0 aliphatic carbocycles. The first-order valence-electron chi connectivity index (χ1n) is 11.8. The number of alkyl halides is 3. The summed E-state index contributed by atoms with van der Waals surface area (Å²) in [6.07, 6.45) is -1.56. The van der Waals surface area contributed by atoms with Crippen LogP contribution in [0.2, 0.25) is 0 Å². The molecule has 3 heterocycles. The number of nitro groups is 1. The zero-order chi connectivity index (χ0) is 26.2. The third-order valence-corrected chi connectivity index (χ3v) is 6.43. The molecule has 37 heavy (non-hydrogen) atoms. The van der Waals surface area contributed by atoms with E-state index >= 15 is 0 Å². The lowest BCUT2D eigenvalue weighted by Gasteiger charge is -2.34. The van der Waals surface area contributed by atoms with Crippen LogP contribution in [0.15, 0.2) is 54.7 Å². The summed E-state index contributed by atoms with van der Waals surface area (Å²) >= 11 is 0. The molecule has 3 aromatic rings. The van der Waals surface area contributed by atoms with E-state index in [9.17, 15) is 23.3 Å². The zero-order valence-electron chi connectivity index (χ0n) is 20.0. The number of piperidine rings is 1. The van der Waals surface area contributed by atoms with Crippen molar-refractivity contribution in [2.24, 2.45) is 0 Å². The summed E-state index contributed by atoms with van der Waals surface area (Å²) in [5.41, 5.74) is -0.341. The van der Waals surface area contributed by atoms with E-state index in [-0.39, 0.29) is 24.5 Å². The molecule has 12 heteroatoms. The Morgan fingerprint density at radius 2 is 1.76 bits per heavy atom. The molecule has 0 spiro atoms. The van der Waals surface area contributed by atoms with Gasteiger partial charge < -0.3 is 29.2 Å². The molecule has 0 unspecified atom stereocenters. The first-order valence-corrected chi connectivity index (χ1v) is 11.8. The van der Waals surface area contributed by atoms with Gasteiger partial charge in [0.25, 0.3) is 0 Å². The van der Waals surface area contributed by atoms with Gasteiger partial charge in [-0.3, -0.25) is 4.57 Å². The molecule has 9 nitrogen and oxygen atoms in total. The fourth-order valence-corrected chi connectivity index (χ4v) is 4.49. The maximum atomic E-state index is 12.7. The second-order valence-corrected chi connectivity index (χ2v) is 9.43. The Labute approximate surface area is 210 Å². The van der Waals surface area contributed by atoms with Gasteiger partial charge in [0.05, 0.1) is 12.1 Å². The van der Waals surface area contributed by atoms with Gasteiger partial charge in [0.1, 0.15) is 30.4 Å². The SMILES string of the molecule is C[C@@]1(COc2ccc(N3CCC(Oc4ccc(C(F)(F)F)cc4)CC3)cc2)Cn2cc([N+](=O)[O-])nc2O1. The van der Waals surface area contributed by atoms with E-state index in [2.05, 4.69) is 9.88 Å². The lowest BCUT2D eigenvalue weighted by molar-refractivity contribution is -0.389. The minimum Gasteiger partial charge on any atom is -0.490 e. The predicted molar refractivity (Wildman–Crippen MR) is 127 cm³/mol. The van der Waals surface area contributed by atoms with Crippen molar-refractivity contribution in [3.8, 4) is 17.5 Å². The Bertz CT molecular complexity index is 1230. The summed E-state index contributed by atoms with van der Waals surface area (Å²) in [5.74, 6) is 0.864. The molecule has 0 bridgehead atoms. The summed E-state index contributed by atoms with van der Waals surface area (Å²) in [6, 6.07) is 12.7. The Hall–Kier alpha value is -3.96. The monoisotopic (exact) mass is 518 g/mol. The molecule has 1 atom stereocenters. The predicted octanol–water partition coefficient (Wildman–Crippen LogP) is 5.09. The molecule has 196 valence electrons. The van der Waals surface area contributed by atoms with Crippen molar-refractivity contribution in [1.82, 2.24) is 9.55 Å². The van der Waals surface area contributed by atoms with Gasteiger partial charge in [0.2, 0.25) is 0 Å². The molecule has 0 radical (unpaired) electrons. The van der Waals surface area contributed by atoms with Crippen LogP contribution in [0, 0.1) is 10.1 Å². The number of hydrogen-bond acceptors (Lipinski definition) is 7. The van der Waals surface area contributed by atoms with Crippen LogP contribution in [0.1, 0.15) is 25.3 Å². The molecule has 5 rings (SSSR count). The number of hydrogen-bond donors (Lipinski definition) is 0. The highest BCUT2D eigenvalue weighted by Crippen LogP contribution is 2.33. The lowest BCUT2D eigenvalue weighted by atomic mass is 10.1. The normalized spacial score (nSPS) is 19.8. The highest BCUT2D eigenvalue weighted by atomic mass is 19.4. The highest BCUT2D eigenvalue weighted by molar-refractivity contribution is 5.49. The van der Waals surface area contributed by atoms with Crippen LogP contribution in [0.5, 0.6) is 17.5 Å². The second kappa shape index (κ2) is 9.49. The van der Waals surface area contributed by atoms with Gasteiger partial charge in [-0.2, -0.15) is 13.2 Å². The second-order valence-electron chi connectivity index (χ2n) is 9.43. The largest absolute Gasteiger partial charge is 0.490 e. The van der Waals surface area contributed by atoms with Crippen LogP contribution in [0.3, 0.4) is 0 Å². The average molecular weight is 518 g/mol. The van der Waals surface area contributed by atoms with Gasteiger partial charge in [-0.1, -0.05) is 0 Å². The fraction of sp³-hybridized carbons (Fsp3) is 0.400. The van der Waals surface area contributed by atoms with Gasteiger partial charge in [-0.15, -0.1) is 0 Å². The third kappa shape index (κ3) is 5.57. The van der Waals surface area contributed by atoms with Crippen LogP contribution in [-0.4, -0.2) is 45.9 Å². The van der Waals surface area contributed by atoms with Crippen molar-refractivity contribution in [2.75, 3.05) is 24.6 Å². The third-order valence-electron chi connectivity index (χ3n) is 6.43. The maximum Gasteiger partial charge on any atom is 0.416 e. The average Bonchev–Trinajstić information content (AvgIpc) is 3.39. The van der Waals surface area contributed by atoms with E-state index in [1.54, 1.807) is 4.57 Å². The Morgan fingerprint density at radius 3 is 2.35 bits per heavy atom. The number of anilines is 1. The number of imidazole rings is 1. The van der Waals surface area contributed by atoms with Crippen LogP contribution in [0.4, 0.5) is 24.7 Å². The van der Waals surface area contributed by atoms with Crippen LogP contribution in [-0.2, 0) is 12.7 Å². The van der Waals surface area contributed by atoms with E-state index < -0.39 is 22.3 Å². The van der Waals surface area contributed by atoms with Gasteiger partial charge in [0.15, 0.2) is 5.60 Å². The van der Waals surface area contributed by atoms with Crippen molar-refractivity contribution in [2.45, 2.75) is 44.2 Å². The highest BCUT2D eigenvalue weighted by Gasteiger charge is 2.41. The first kappa shape index (κ1) is 24.7. The molecular formula is C25H25F3N4O5. The molecule has 2 aliphatic rings. The topological polar surface area (TPSA) is 91.9 Å². The Kier molecular flexibility index (Phi) is 6.34. The molecule has 0 amide bonds. The van der Waals surface area contributed by atoms with E-state index in [1.165, 1.54) is 18.3 Å². The lowest BCUT2D eigenvalue weighted by Crippen LogP contribution is -2.38. The Balaban J connectivity index is 1.09. The summed E-state index contributed by atoms with van der Waals surface area (Å²) in [6.45, 7) is 4.02. The minimum absolute atomic E-state index is 0.0566. The van der Waals surface area contributed by atoms with Gasteiger partial charge >= 0.3 is 18.0 Å². The maximum absolute atomic E-state index is 12.7.